The van der Waals surface area contributed by atoms with Gasteiger partial charge in [0.05, 0.1) is 36.4 Å². The SMILES string of the molecule is COc1ccc(Cl)cc1NC(=S)Nc1c(C)nn(Cc2ccccc2Cl)c1C. The van der Waals surface area contributed by atoms with Crippen LogP contribution in [0.4, 0.5) is 11.4 Å². The first-order valence-electron chi connectivity index (χ1n) is 8.58. The molecule has 0 saturated heterocycles. The van der Waals surface area contributed by atoms with Crippen LogP contribution in [0.2, 0.25) is 10.0 Å². The molecule has 146 valence electrons. The molecular formula is C20H20Cl2N4OS. The van der Waals surface area contributed by atoms with Gasteiger partial charge in [0.25, 0.3) is 0 Å². The largest absolute Gasteiger partial charge is 0.495 e. The number of aromatic nitrogens is 2. The first-order chi connectivity index (χ1) is 13.4. The van der Waals surface area contributed by atoms with Crippen LogP contribution in [-0.2, 0) is 6.54 Å². The quantitative estimate of drug-likeness (QED) is 0.506. The highest BCUT2D eigenvalue weighted by molar-refractivity contribution is 7.80. The lowest BCUT2D eigenvalue weighted by Gasteiger charge is -2.14. The molecule has 3 rings (SSSR count). The molecule has 0 aliphatic heterocycles. The topological polar surface area (TPSA) is 51.1 Å². The average Bonchev–Trinajstić information content (AvgIpc) is 2.91. The molecule has 0 bridgehead atoms. The second-order valence-corrected chi connectivity index (χ2v) is 7.47. The summed E-state index contributed by atoms with van der Waals surface area (Å²) in [4.78, 5) is 0. The molecule has 1 heterocycles. The number of hydrogen-bond acceptors (Lipinski definition) is 3. The van der Waals surface area contributed by atoms with Gasteiger partial charge in [-0.05, 0) is 55.9 Å². The van der Waals surface area contributed by atoms with Crippen molar-refractivity contribution in [3.05, 3.63) is 69.5 Å². The van der Waals surface area contributed by atoms with Gasteiger partial charge in [-0.25, -0.2) is 0 Å². The first kappa shape index (κ1) is 20.5. The number of anilines is 2. The number of halogens is 2. The third kappa shape index (κ3) is 4.58. The van der Waals surface area contributed by atoms with Gasteiger partial charge in [-0.1, -0.05) is 41.4 Å². The monoisotopic (exact) mass is 434 g/mol. The number of rotatable bonds is 5. The fraction of sp³-hybridized carbons (Fsp3) is 0.200. The number of aryl methyl sites for hydroxylation is 1. The van der Waals surface area contributed by atoms with Crippen LogP contribution in [0.5, 0.6) is 5.75 Å². The molecule has 3 aromatic rings. The molecule has 2 aromatic carbocycles. The van der Waals surface area contributed by atoms with Crippen molar-refractivity contribution in [3.63, 3.8) is 0 Å². The normalized spacial score (nSPS) is 10.6. The summed E-state index contributed by atoms with van der Waals surface area (Å²) < 4.78 is 7.25. The fourth-order valence-corrected chi connectivity index (χ4v) is 3.44. The molecule has 0 amide bonds. The molecule has 0 spiro atoms. The average molecular weight is 435 g/mol. The molecule has 0 atom stereocenters. The van der Waals surface area contributed by atoms with Crippen LogP contribution in [0.1, 0.15) is 17.0 Å². The minimum absolute atomic E-state index is 0.420. The third-order valence-electron chi connectivity index (χ3n) is 4.31. The highest BCUT2D eigenvalue weighted by Crippen LogP contribution is 2.28. The van der Waals surface area contributed by atoms with Crippen molar-refractivity contribution in [3.8, 4) is 5.75 Å². The van der Waals surface area contributed by atoms with Crippen LogP contribution >= 0.6 is 35.4 Å². The van der Waals surface area contributed by atoms with Gasteiger partial charge < -0.3 is 15.4 Å². The van der Waals surface area contributed by atoms with Gasteiger partial charge >= 0.3 is 0 Å². The van der Waals surface area contributed by atoms with E-state index in [4.69, 9.17) is 40.2 Å². The summed E-state index contributed by atoms with van der Waals surface area (Å²) in [6.07, 6.45) is 0. The molecule has 0 fully saturated rings. The van der Waals surface area contributed by atoms with Gasteiger partial charge in [-0.3, -0.25) is 4.68 Å². The lowest BCUT2D eigenvalue weighted by atomic mass is 10.2. The Morgan fingerprint density at radius 3 is 2.61 bits per heavy atom. The molecule has 0 aliphatic carbocycles. The van der Waals surface area contributed by atoms with E-state index < -0.39 is 0 Å². The number of nitrogens with zero attached hydrogens (tertiary/aromatic N) is 2. The van der Waals surface area contributed by atoms with Crippen molar-refractivity contribution >= 4 is 51.9 Å². The van der Waals surface area contributed by atoms with E-state index >= 15 is 0 Å². The van der Waals surface area contributed by atoms with E-state index in [2.05, 4.69) is 15.7 Å². The Labute approximate surface area is 179 Å². The number of methoxy groups -OCH3 is 1. The maximum absolute atomic E-state index is 6.28. The minimum atomic E-state index is 0.420. The smallest absolute Gasteiger partial charge is 0.175 e. The van der Waals surface area contributed by atoms with E-state index in [1.54, 1.807) is 25.3 Å². The molecule has 0 radical (unpaired) electrons. The lowest BCUT2D eigenvalue weighted by Crippen LogP contribution is -2.20. The van der Waals surface area contributed by atoms with Gasteiger partial charge in [-0.15, -0.1) is 0 Å². The molecule has 0 unspecified atom stereocenters. The maximum atomic E-state index is 6.28. The number of nitrogens with one attached hydrogen (secondary N) is 2. The van der Waals surface area contributed by atoms with Crippen LogP contribution in [0, 0.1) is 13.8 Å². The molecule has 0 aliphatic rings. The van der Waals surface area contributed by atoms with Crippen LogP contribution in [0.15, 0.2) is 42.5 Å². The molecule has 0 saturated carbocycles. The predicted octanol–water partition coefficient (Wildman–Crippen LogP) is 5.67. The molecule has 2 N–H and O–H groups in total. The van der Waals surface area contributed by atoms with Crippen molar-refractivity contribution < 1.29 is 4.74 Å². The highest BCUT2D eigenvalue weighted by Gasteiger charge is 2.15. The van der Waals surface area contributed by atoms with Crippen molar-refractivity contribution in [2.75, 3.05) is 17.7 Å². The van der Waals surface area contributed by atoms with Crippen molar-refractivity contribution in [2.45, 2.75) is 20.4 Å². The Balaban J connectivity index is 1.78. The van der Waals surface area contributed by atoms with Crippen LogP contribution in [0.3, 0.4) is 0 Å². The molecule has 8 heteroatoms. The van der Waals surface area contributed by atoms with Gasteiger partial charge in [-0.2, -0.15) is 5.10 Å². The van der Waals surface area contributed by atoms with Crippen LogP contribution in [0.25, 0.3) is 0 Å². The standard InChI is InChI=1S/C20H20Cl2N4OS/c1-12-19(13(2)26(25-12)11-14-6-4-5-7-16(14)22)24-20(28)23-17-10-15(21)8-9-18(17)27-3/h4-10H,11H2,1-3H3,(H2,23,24,28). The van der Waals surface area contributed by atoms with Crippen molar-refractivity contribution in [1.82, 2.24) is 9.78 Å². The van der Waals surface area contributed by atoms with E-state index in [0.29, 0.717) is 28.1 Å². The summed E-state index contributed by atoms with van der Waals surface area (Å²) in [5.41, 5.74) is 4.34. The van der Waals surface area contributed by atoms with Crippen LogP contribution < -0.4 is 15.4 Å². The second-order valence-electron chi connectivity index (χ2n) is 6.22. The number of thiocarbonyl (C=S) groups is 1. The Morgan fingerprint density at radius 1 is 1.14 bits per heavy atom. The first-order valence-corrected chi connectivity index (χ1v) is 9.74. The van der Waals surface area contributed by atoms with Gasteiger partial charge in [0.15, 0.2) is 5.11 Å². The summed E-state index contributed by atoms with van der Waals surface area (Å²) >= 11 is 17.8. The summed E-state index contributed by atoms with van der Waals surface area (Å²) in [6, 6.07) is 13.0. The molecule has 28 heavy (non-hydrogen) atoms. The van der Waals surface area contributed by atoms with E-state index in [1.807, 2.05) is 42.8 Å². The zero-order valence-electron chi connectivity index (χ0n) is 15.7. The van der Waals surface area contributed by atoms with E-state index in [0.717, 1.165) is 27.7 Å². The van der Waals surface area contributed by atoms with E-state index in [9.17, 15) is 0 Å². The zero-order valence-corrected chi connectivity index (χ0v) is 18.0. The number of ether oxygens (including phenoxy) is 1. The molecule has 1 aromatic heterocycles. The van der Waals surface area contributed by atoms with Gasteiger partial charge in [0, 0.05) is 10.0 Å². The number of benzene rings is 2. The summed E-state index contributed by atoms with van der Waals surface area (Å²) in [5.74, 6) is 0.649. The second kappa shape index (κ2) is 8.82. The summed E-state index contributed by atoms with van der Waals surface area (Å²) in [5, 5.41) is 12.7. The van der Waals surface area contributed by atoms with E-state index in [-0.39, 0.29) is 0 Å². The summed E-state index contributed by atoms with van der Waals surface area (Å²) in [7, 11) is 1.60. The summed E-state index contributed by atoms with van der Waals surface area (Å²) in [6.45, 7) is 4.50. The van der Waals surface area contributed by atoms with Crippen molar-refractivity contribution in [2.24, 2.45) is 0 Å². The maximum Gasteiger partial charge on any atom is 0.175 e. The third-order valence-corrected chi connectivity index (χ3v) is 5.12. The van der Waals surface area contributed by atoms with Gasteiger partial charge in [0.1, 0.15) is 5.75 Å². The fourth-order valence-electron chi connectivity index (χ4n) is 2.86. The lowest BCUT2D eigenvalue weighted by molar-refractivity contribution is 0.417. The highest BCUT2D eigenvalue weighted by atomic mass is 35.5. The van der Waals surface area contributed by atoms with Crippen molar-refractivity contribution in [1.29, 1.82) is 0 Å². The predicted molar refractivity (Wildman–Crippen MR) is 120 cm³/mol. The Kier molecular flexibility index (Phi) is 6.44. The molecular weight excluding hydrogens is 415 g/mol. The number of hydrogen-bond donors (Lipinski definition) is 2. The molecule has 5 nitrogen and oxygen atoms in total. The van der Waals surface area contributed by atoms with Crippen LogP contribution in [-0.4, -0.2) is 22.0 Å². The Bertz CT molecular complexity index is 1020. The van der Waals surface area contributed by atoms with E-state index in [1.165, 1.54) is 0 Å². The Morgan fingerprint density at radius 2 is 1.89 bits per heavy atom. The Hall–Kier alpha value is -2.28. The minimum Gasteiger partial charge on any atom is -0.495 e. The van der Waals surface area contributed by atoms with Gasteiger partial charge in [0.2, 0.25) is 0 Å². The zero-order chi connectivity index (χ0) is 20.3.